The van der Waals surface area contributed by atoms with Crippen molar-refractivity contribution in [2.75, 3.05) is 26.3 Å². The van der Waals surface area contributed by atoms with E-state index >= 15 is 0 Å². The molecule has 2 aliphatic heterocycles. The van der Waals surface area contributed by atoms with Crippen molar-refractivity contribution in [1.29, 1.82) is 0 Å². The van der Waals surface area contributed by atoms with Crippen molar-refractivity contribution < 1.29 is 13.9 Å². The average Bonchev–Trinajstić information content (AvgIpc) is 3.19. The third-order valence-electron chi connectivity index (χ3n) is 5.56. The van der Waals surface area contributed by atoms with Crippen LogP contribution in [0.4, 0.5) is 4.39 Å². The van der Waals surface area contributed by atoms with E-state index in [0.29, 0.717) is 37.8 Å². The molecule has 1 amide bonds. The largest absolute Gasteiger partial charge is 0.380 e. The highest BCUT2D eigenvalue weighted by Crippen LogP contribution is 2.42. The van der Waals surface area contributed by atoms with Crippen LogP contribution in [0, 0.1) is 24.1 Å². The SMILES string of the molecule is Cc1nc(CNC(=O)[C@]23COCC2CN(Cc2ccc(F)cc2)C3)cc(=O)[nH]1. The third-order valence-corrected chi connectivity index (χ3v) is 5.56. The van der Waals surface area contributed by atoms with Gasteiger partial charge in [-0.25, -0.2) is 9.37 Å². The highest BCUT2D eigenvalue weighted by molar-refractivity contribution is 5.84. The van der Waals surface area contributed by atoms with Crippen molar-refractivity contribution in [2.45, 2.75) is 20.0 Å². The molecule has 0 radical (unpaired) electrons. The molecule has 0 bridgehead atoms. The number of hydrogen-bond acceptors (Lipinski definition) is 5. The number of hydrogen-bond donors (Lipinski definition) is 2. The first-order chi connectivity index (χ1) is 13.4. The van der Waals surface area contributed by atoms with Crippen LogP contribution in [0.2, 0.25) is 0 Å². The molecule has 0 spiro atoms. The number of rotatable bonds is 5. The van der Waals surface area contributed by atoms with Gasteiger partial charge in [0.1, 0.15) is 11.6 Å². The van der Waals surface area contributed by atoms with E-state index in [-0.39, 0.29) is 29.7 Å². The van der Waals surface area contributed by atoms with E-state index in [1.807, 2.05) is 0 Å². The Kier molecular flexibility index (Phi) is 4.99. The zero-order valence-electron chi connectivity index (χ0n) is 15.7. The molecule has 4 rings (SSSR count). The van der Waals surface area contributed by atoms with E-state index in [2.05, 4.69) is 20.2 Å². The van der Waals surface area contributed by atoms with Gasteiger partial charge in [0.25, 0.3) is 5.56 Å². The maximum atomic E-state index is 13.1. The van der Waals surface area contributed by atoms with E-state index in [1.54, 1.807) is 19.1 Å². The Bertz CT molecular complexity index is 930. The summed E-state index contributed by atoms with van der Waals surface area (Å²) in [4.78, 5) is 33.7. The van der Waals surface area contributed by atoms with Gasteiger partial charge in [0, 0.05) is 31.6 Å². The maximum absolute atomic E-state index is 13.1. The number of likely N-dealkylation sites (tertiary alicyclic amines) is 1. The number of nitrogens with one attached hydrogen (secondary N) is 2. The second-order valence-corrected chi connectivity index (χ2v) is 7.67. The third kappa shape index (κ3) is 3.70. The smallest absolute Gasteiger partial charge is 0.251 e. The Morgan fingerprint density at radius 1 is 1.43 bits per heavy atom. The molecule has 3 heterocycles. The van der Waals surface area contributed by atoms with Gasteiger partial charge in [0.05, 0.1) is 30.9 Å². The van der Waals surface area contributed by atoms with Gasteiger partial charge in [0.15, 0.2) is 0 Å². The number of aromatic amines is 1. The molecule has 1 aromatic heterocycles. The summed E-state index contributed by atoms with van der Waals surface area (Å²) in [5.41, 5.74) is 0.711. The van der Waals surface area contributed by atoms with Gasteiger partial charge in [-0.3, -0.25) is 14.5 Å². The number of carbonyl (C=O) groups is 1. The monoisotopic (exact) mass is 386 g/mol. The number of amides is 1. The highest BCUT2D eigenvalue weighted by atomic mass is 19.1. The summed E-state index contributed by atoms with van der Waals surface area (Å²) in [7, 11) is 0. The molecule has 1 aromatic carbocycles. The van der Waals surface area contributed by atoms with Crippen molar-refractivity contribution in [3.63, 3.8) is 0 Å². The lowest BCUT2D eigenvalue weighted by molar-refractivity contribution is -0.131. The van der Waals surface area contributed by atoms with Gasteiger partial charge in [-0.1, -0.05) is 12.1 Å². The van der Waals surface area contributed by atoms with Gasteiger partial charge >= 0.3 is 0 Å². The number of carbonyl (C=O) groups excluding carboxylic acids is 1. The fourth-order valence-corrected chi connectivity index (χ4v) is 4.21. The number of ether oxygens (including phenoxy) is 1. The Morgan fingerprint density at radius 3 is 2.96 bits per heavy atom. The zero-order valence-corrected chi connectivity index (χ0v) is 15.7. The van der Waals surface area contributed by atoms with Crippen molar-refractivity contribution in [3.05, 3.63) is 63.6 Å². The highest BCUT2D eigenvalue weighted by Gasteiger charge is 2.55. The van der Waals surface area contributed by atoms with E-state index in [1.165, 1.54) is 18.2 Å². The maximum Gasteiger partial charge on any atom is 0.251 e. The Balaban J connectivity index is 1.43. The van der Waals surface area contributed by atoms with Crippen LogP contribution in [0.15, 0.2) is 35.1 Å². The number of H-pyrrole nitrogens is 1. The Hall–Kier alpha value is -2.58. The first-order valence-electron chi connectivity index (χ1n) is 9.34. The Labute approximate surface area is 161 Å². The molecule has 0 aliphatic carbocycles. The lowest BCUT2D eigenvalue weighted by Gasteiger charge is -2.26. The first-order valence-corrected chi connectivity index (χ1v) is 9.34. The minimum Gasteiger partial charge on any atom is -0.380 e. The molecule has 2 N–H and O–H groups in total. The van der Waals surface area contributed by atoms with Crippen molar-refractivity contribution >= 4 is 5.91 Å². The molecule has 2 atom stereocenters. The standard InChI is InChI=1S/C20H23FN4O3/c1-13-23-17(6-18(26)24-13)7-22-19(27)20-11-25(9-15(20)10-28-12-20)8-14-2-4-16(21)5-3-14/h2-6,15H,7-12H2,1H3,(H,22,27)(H,23,24,26)/t15?,20-/m1/s1. The van der Waals surface area contributed by atoms with Gasteiger partial charge in [-0.05, 0) is 24.6 Å². The summed E-state index contributed by atoms with van der Waals surface area (Å²) in [6.45, 7) is 4.85. The zero-order chi connectivity index (χ0) is 19.7. The predicted octanol–water partition coefficient (Wildman–Crippen LogP) is 0.982. The molecule has 2 saturated heterocycles. The van der Waals surface area contributed by atoms with Crippen LogP contribution in [0.1, 0.15) is 17.1 Å². The van der Waals surface area contributed by atoms with Crippen LogP contribution >= 0.6 is 0 Å². The second kappa shape index (κ2) is 7.44. The fraction of sp³-hybridized carbons (Fsp3) is 0.450. The van der Waals surface area contributed by atoms with E-state index in [4.69, 9.17) is 4.74 Å². The van der Waals surface area contributed by atoms with Crippen LogP contribution in [0.25, 0.3) is 0 Å². The van der Waals surface area contributed by atoms with Crippen LogP contribution in [0.3, 0.4) is 0 Å². The normalized spacial score (nSPS) is 24.3. The Morgan fingerprint density at radius 2 is 2.21 bits per heavy atom. The van der Waals surface area contributed by atoms with Gasteiger partial charge in [-0.15, -0.1) is 0 Å². The molecule has 148 valence electrons. The summed E-state index contributed by atoms with van der Waals surface area (Å²) >= 11 is 0. The second-order valence-electron chi connectivity index (χ2n) is 7.67. The topological polar surface area (TPSA) is 87.3 Å². The van der Waals surface area contributed by atoms with Crippen LogP contribution < -0.4 is 10.9 Å². The molecule has 8 heteroatoms. The summed E-state index contributed by atoms with van der Waals surface area (Å²) in [6.07, 6.45) is 0. The van der Waals surface area contributed by atoms with Crippen LogP contribution in [-0.2, 0) is 22.6 Å². The number of benzene rings is 1. The van der Waals surface area contributed by atoms with Crippen LogP contribution in [-0.4, -0.2) is 47.1 Å². The van der Waals surface area contributed by atoms with Gasteiger partial charge < -0.3 is 15.0 Å². The summed E-state index contributed by atoms with van der Waals surface area (Å²) in [6, 6.07) is 7.84. The van der Waals surface area contributed by atoms with Crippen LogP contribution in [0.5, 0.6) is 0 Å². The molecule has 2 aromatic rings. The van der Waals surface area contributed by atoms with Gasteiger partial charge in [-0.2, -0.15) is 0 Å². The molecule has 1 unspecified atom stereocenters. The van der Waals surface area contributed by atoms with E-state index in [9.17, 15) is 14.0 Å². The van der Waals surface area contributed by atoms with E-state index in [0.717, 1.165) is 12.1 Å². The number of fused-ring (bicyclic) bond motifs is 1. The molecular weight excluding hydrogens is 363 g/mol. The number of aromatic nitrogens is 2. The minimum atomic E-state index is -0.601. The molecule has 2 fully saturated rings. The molecule has 7 nitrogen and oxygen atoms in total. The van der Waals surface area contributed by atoms with E-state index < -0.39 is 5.41 Å². The average molecular weight is 386 g/mol. The molecule has 28 heavy (non-hydrogen) atoms. The first kappa shape index (κ1) is 18.8. The van der Waals surface area contributed by atoms with Crippen molar-refractivity contribution in [3.8, 4) is 0 Å². The molecular formula is C20H23FN4O3. The summed E-state index contributed by atoms with van der Waals surface area (Å²) in [5.74, 6) is 0.302. The fourth-order valence-electron chi connectivity index (χ4n) is 4.21. The number of nitrogens with zero attached hydrogens (tertiary/aromatic N) is 2. The minimum absolute atomic E-state index is 0.0728. The number of aryl methyl sites for hydroxylation is 1. The van der Waals surface area contributed by atoms with Gasteiger partial charge in [0.2, 0.25) is 5.91 Å². The summed E-state index contributed by atoms with van der Waals surface area (Å²) < 4.78 is 18.8. The lowest BCUT2D eigenvalue weighted by atomic mass is 9.80. The molecule has 2 aliphatic rings. The summed E-state index contributed by atoms with van der Waals surface area (Å²) in [5, 5.41) is 2.94. The molecule has 0 saturated carbocycles. The quantitative estimate of drug-likeness (QED) is 0.800. The lowest BCUT2D eigenvalue weighted by Crippen LogP contribution is -2.46. The van der Waals surface area contributed by atoms with Crippen molar-refractivity contribution in [1.82, 2.24) is 20.2 Å². The predicted molar refractivity (Wildman–Crippen MR) is 99.9 cm³/mol. The van der Waals surface area contributed by atoms with Crippen molar-refractivity contribution in [2.24, 2.45) is 11.3 Å². The number of halogens is 1.